The minimum atomic E-state index is -1.11. The molecule has 3 heteroatoms. The van der Waals surface area contributed by atoms with E-state index in [2.05, 4.69) is 12.6 Å². The summed E-state index contributed by atoms with van der Waals surface area (Å²) >= 11 is 3.53. The monoisotopic (exact) mass is 123 g/mol. The average Bonchev–Trinajstić information content (AvgIpc) is 1.65. The van der Waals surface area contributed by atoms with Crippen LogP contribution in [-0.2, 0) is 0 Å². The molecule has 0 radical (unpaired) electrons. The maximum Gasteiger partial charge on any atom is 0.197 e. The Morgan fingerprint density at radius 3 is 2.29 bits per heavy atom. The van der Waals surface area contributed by atoms with Gasteiger partial charge < -0.3 is 0 Å². The number of thiol groups is 1. The van der Waals surface area contributed by atoms with Crippen LogP contribution in [-0.4, -0.2) is 24.1 Å². The normalized spacial score (nSPS) is 15.0. The minimum Gasteiger partial charge on any atom is -0.269 e. The summed E-state index contributed by atoms with van der Waals surface area (Å²) in [5.74, 6) is 0. The molecule has 7 heavy (non-hydrogen) atoms. The van der Waals surface area contributed by atoms with E-state index >= 15 is 0 Å². The summed E-state index contributed by atoms with van der Waals surface area (Å²) in [6, 6.07) is 0. The zero-order chi connectivity index (χ0) is 5.86. The lowest BCUT2D eigenvalue weighted by Gasteiger charge is -2.12. The van der Waals surface area contributed by atoms with Crippen LogP contribution in [0.15, 0.2) is 0 Å². The molecule has 0 aromatic heterocycles. The van der Waals surface area contributed by atoms with Crippen molar-refractivity contribution < 1.29 is 4.39 Å². The van der Waals surface area contributed by atoms with Gasteiger partial charge in [0.2, 0.25) is 0 Å². The number of hydrogen-bond donors (Lipinski definition) is 1. The molecule has 0 saturated heterocycles. The Morgan fingerprint density at radius 1 is 1.86 bits per heavy atom. The summed E-state index contributed by atoms with van der Waals surface area (Å²) in [4.78, 5) is 1.49. The molecule has 1 atom stereocenters. The summed E-state index contributed by atoms with van der Waals surface area (Å²) in [7, 11) is 1.68. The van der Waals surface area contributed by atoms with Crippen LogP contribution >= 0.6 is 12.6 Å². The summed E-state index contributed by atoms with van der Waals surface area (Å²) in [5.41, 5.74) is -1.11. The Balaban J connectivity index is 3.14. The van der Waals surface area contributed by atoms with E-state index in [4.69, 9.17) is 0 Å². The Bertz CT molecular complexity index is 49.0. The summed E-state index contributed by atoms with van der Waals surface area (Å²) in [5, 5.41) is 0. The van der Waals surface area contributed by atoms with Gasteiger partial charge in [-0.1, -0.05) is 6.92 Å². The second kappa shape index (κ2) is 3.27. The van der Waals surface area contributed by atoms with Crippen LogP contribution in [0.1, 0.15) is 6.92 Å². The van der Waals surface area contributed by atoms with Crippen molar-refractivity contribution in [1.29, 1.82) is 0 Å². The molecule has 0 N–H and O–H groups in total. The molecule has 0 aliphatic heterocycles. The van der Waals surface area contributed by atoms with E-state index in [0.29, 0.717) is 6.54 Å². The van der Waals surface area contributed by atoms with Gasteiger partial charge in [0.25, 0.3) is 0 Å². The molecule has 0 bridgehead atoms. The van der Waals surface area contributed by atoms with Gasteiger partial charge in [-0.2, -0.15) is 0 Å². The van der Waals surface area contributed by atoms with E-state index < -0.39 is 5.63 Å². The zero-order valence-corrected chi connectivity index (χ0v) is 5.45. The maximum absolute atomic E-state index is 11.9. The first-order valence-electron chi connectivity index (χ1n) is 2.21. The third kappa shape index (κ3) is 2.88. The van der Waals surface area contributed by atoms with E-state index in [-0.39, 0.29) is 0 Å². The van der Waals surface area contributed by atoms with Crippen LogP contribution in [0.3, 0.4) is 0 Å². The Hall–Kier alpha value is 0.240. The standard InChI is InChI=1S/C4H10FNS/c1-3-6(2)4(5)7/h4,7H,3H2,1-2H3. The number of hydrogen-bond acceptors (Lipinski definition) is 2. The summed E-state index contributed by atoms with van der Waals surface area (Å²) in [6.07, 6.45) is 0. The highest BCUT2D eigenvalue weighted by Crippen LogP contribution is 1.99. The Labute approximate surface area is 48.9 Å². The molecule has 0 aromatic carbocycles. The Kier molecular flexibility index (Phi) is 3.38. The van der Waals surface area contributed by atoms with Gasteiger partial charge >= 0.3 is 0 Å². The molecule has 0 rings (SSSR count). The third-order valence-electron chi connectivity index (χ3n) is 0.863. The minimum absolute atomic E-state index is 0.699. The van der Waals surface area contributed by atoms with Crippen LogP contribution in [0, 0.1) is 0 Å². The highest BCUT2D eigenvalue weighted by atomic mass is 32.1. The van der Waals surface area contributed by atoms with Gasteiger partial charge in [0.1, 0.15) is 0 Å². The molecule has 0 aromatic rings. The molecule has 0 aliphatic rings. The molecule has 1 unspecified atom stereocenters. The van der Waals surface area contributed by atoms with E-state index in [1.54, 1.807) is 7.05 Å². The van der Waals surface area contributed by atoms with Crippen molar-refractivity contribution in [3.63, 3.8) is 0 Å². The van der Waals surface area contributed by atoms with Crippen LogP contribution in [0.25, 0.3) is 0 Å². The van der Waals surface area contributed by atoms with Crippen molar-refractivity contribution >= 4 is 12.6 Å². The van der Waals surface area contributed by atoms with Crippen molar-refractivity contribution in [2.24, 2.45) is 0 Å². The summed E-state index contributed by atoms with van der Waals surface area (Å²) < 4.78 is 11.9. The van der Waals surface area contributed by atoms with E-state index in [1.807, 2.05) is 6.92 Å². The van der Waals surface area contributed by atoms with Crippen molar-refractivity contribution in [2.45, 2.75) is 12.6 Å². The first-order chi connectivity index (χ1) is 3.18. The second-order valence-corrected chi connectivity index (χ2v) is 1.81. The third-order valence-corrected chi connectivity index (χ3v) is 1.26. The van der Waals surface area contributed by atoms with Crippen LogP contribution in [0.4, 0.5) is 4.39 Å². The SMILES string of the molecule is CCN(C)C(F)S. The number of rotatable bonds is 2. The predicted molar refractivity (Wildman–Crippen MR) is 32.2 cm³/mol. The van der Waals surface area contributed by atoms with Gasteiger partial charge in [0, 0.05) is 0 Å². The van der Waals surface area contributed by atoms with Gasteiger partial charge in [-0.15, -0.1) is 12.6 Å². The fourth-order valence-corrected chi connectivity index (χ4v) is 0.314. The average molecular weight is 123 g/mol. The molecule has 0 heterocycles. The summed E-state index contributed by atoms with van der Waals surface area (Å²) in [6.45, 7) is 2.58. The van der Waals surface area contributed by atoms with Crippen molar-refractivity contribution in [2.75, 3.05) is 13.6 Å². The molecular formula is C4H10FNS. The first-order valence-corrected chi connectivity index (χ1v) is 2.72. The molecule has 0 spiro atoms. The molecule has 1 nitrogen and oxygen atoms in total. The van der Waals surface area contributed by atoms with E-state index in [0.717, 1.165) is 0 Å². The smallest absolute Gasteiger partial charge is 0.197 e. The van der Waals surface area contributed by atoms with Crippen molar-refractivity contribution in [1.82, 2.24) is 4.90 Å². The highest BCUT2D eigenvalue weighted by molar-refractivity contribution is 7.80. The van der Waals surface area contributed by atoms with E-state index in [1.165, 1.54) is 4.90 Å². The largest absolute Gasteiger partial charge is 0.269 e. The number of nitrogens with zero attached hydrogens (tertiary/aromatic N) is 1. The highest BCUT2D eigenvalue weighted by Gasteiger charge is 2.01. The number of halogens is 1. The van der Waals surface area contributed by atoms with Gasteiger partial charge in [-0.05, 0) is 13.6 Å². The Morgan fingerprint density at radius 2 is 2.29 bits per heavy atom. The lowest BCUT2D eigenvalue weighted by Crippen LogP contribution is -2.22. The molecule has 0 amide bonds. The van der Waals surface area contributed by atoms with Gasteiger partial charge in [-0.3, -0.25) is 4.90 Å². The van der Waals surface area contributed by atoms with Crippen LogP contribution in [0.5, 0.6) is 0 Å². The molecule has 0 saturated carbocycles. The lowest BCUT2D eigenvalue weighted by atomic mass is 10.7. The quantitative estimate of drug-likeness (QED) is 0.327. The van der Waals surface area contributed by atoms with Gasteiger partial charge in [0.15, 0.2) is 5.63 Å². The fraction of sp³-hybridized carbons (Fsp3) is 1.00. The molecule has 0 fully saturated rings. The van der Waals surface area contributed by atoms with Gasteiger partial charge in [0.05, 0.1) is 0 Å². The van der Waals surface area contributed by atoms with Crippen molar-refractivity contribution in [3.05, 3.63) is 0 Å². The topological polar surface area (TPSA) is 3.24 Å². The van der Waals surface area contributed by atoms with Crippen LogP contribution in [0.2, 0.25) is 0 Å². The van der Waals surface area contributed by atoms with Crippen molar-refractivity contribution in [3.8, 4) is 0 Å². The number of alkyl halides is 1. The molecule has 44 valence electrons. The molecular weight excluding hydrogens is 113 g/mol. The second-order valence-electron chi connectivity index (χ2n) is 1.38. The first kappa shape index (κ1) is 7.24. The zero-order valence-electron chi connectivity index (χ0n) is 4.56. The predicted octanol–water partition coefficient (Wildman–Crippen LogP) is 1.12. The maximum atomic E-state index is 11.9. The van der Waals surface area contributed by atoms with Gasteiger partial charge in [-0.25, -0.2) is 4.39 Å². The van der Waals surface area contributed by atoms with E-state index in [9.17, 15) is 4.39 Å². The fourth-order valence-electron chi connectivity index (χ4n) is 0.151. The lowest BCUT2D eigenvalue weighted by molar-refractivity contribution is 0.202. The van der Waals surface area contributed by atoms with Crippen LogP contribution < -0.4 is 0 Å². The molecule has 0 aliphatic carbocycles.